The summed E-state index contributed by atoms with van der Waals surface area (Å²) in [6.07, 6.45) is 3.67. The maximum Gasteiger partial charge on any atom is 0.511 e. The van der Waals surface area contributed by atoms with Crippen molar-refractivity contribution in [2.45, 2.75) is 24.4 Å². The minimum Gasteiger partial charge on any atom is -0.334 e. The molecule has 0 saturated carbocycles. The zero-order valence-electron chi connectivity index (χ0n) is 17.0. The van der Waals surface area contributed by atoms with Crippen molar-refractivity contribution in [2.75, 3.05) is 13.1 Å². The van der Waals surface area contributed by atoms with Crippen molar-refractivity contribution < 1.29 is 30.8 Å². The first-order chi connectivity index (χ1) is 15.6. The molecule has 1 saturated heterocycles. The molecule has 1 amide bonds. The fraction of sp³-hybridized carbons (Fsp3) is 0.286. The summed E-state index contributed by atoms with van der Waals surface area (Å²) in [6, 6.07) is 8.76. The minimum atomic E-state index is -5.50. The van der Waals surface area contributed by atoms with Crippen molar-refractivity contribution in [2.24, 2.45) is 0 Å². The van der Waals surface area contributed by atoms with Crippen LogP contribution in [0.2, 0.25) is 0 Å². The van der Waals surface area contributed by atoms with Crippen LogP contribution in [0.3, 0.4) is 0 Å². The zero-order valence-corrected chi connectivity index (χ0v) is 17.8. The van der Waals surface area contributed by atoms with Gasteiger partial charge < -0.3 is 4.90 Å². The molecule has 3 aromatic rings. The van der Waals surface area contributed by atoms with Gasteiger partial charge in [0.15, 0.2) is 0 Å². The highest BCUT2D eigenvalue weighted by Gasteiger charge is 2.46. The molecule has 33 heavy (non-hydrogen) atoms. The number of amides is 1. The number of hydrogen-bond acceptors (Lipinski definition) is 5. The molecule has 1 fully saturated rings. The summed E-state index contributed by atoms with van der Waals surface area (Å²) in [5.74, 6) is -1.07. The van der Waals surface area contributed by atoms with Gasteiger partial charge in [-0.3, -0.25) is 9.78 Å². The smallest absolute Gasteiger partial charge is 0.334 e. The zero-order chi connectivity index (χ0) is 23.8. The largest absolute Gasteiger partial charge is 0.511 e. The van der Waals surface area contributed by atoms with E-state index in [0.29, 0.717) is 34.9 Å². The molecule has 0 radical (unpaired) electrons. The van der Waals surface area contributed by atoms with E-state index in [2.05, 4.69) is 9.97 Å². The number of carbonyl (C=O) groups excluding carboxylic acids is 1. The van der Waals surface area contributed by atoms with Gasteiger partial charge in [0, 0.05) is 43.0 Å². The Kier molecular flexibility index (Phi) is 6.06. The van der Waals surface area contributed by atoms with E-state index in [4.69, 9.17) is 0 Å². The first kappa shape index (κ1) is 23.1. The molecule has 7 nitrogen and oxygen atoms in total. The molecule has 174 valence electrons. The average Bonchev–Trinajstić information content (AvgIpc) is 3.24. The van der Waals surface area contributed by atoms with Crippen LogP contribution in [0, 0.1) is 5.95 Å². The van der Waals surface area contributed by atoms with Crippen LogP contribution < -0.4 is 4.72 Å². The van der Waals surface area contributed by atoms with E-state index in [9.17, 15) is 30.8 Å². The lowest BCUT2D eigenvalue weighted by Gasteiger charge is -2.25. The molecule has 0 aliphatic carbocycles. The third kappa shape index (κ3) is 4.67. The molecule has 1 aromatic carbocycles. The summed E-state index contributed by atoms with van der Waals surface area (Å²) >= 11 is 0. The Morgan fingerprint density at radius 3 is 2.55 bits per heavy atom. The summed E-state index contributed by atoms with van der Waals surface area (Å²) < 4.78 is 75.5. The Bertz CT molecular complexity index is 1310. The Labute approximate surface area is 186 Å². The van der Waals surface area contributed by atoms with Gasteiger partial charge >= 0.3 is 15.5 Å². The average molecular weight is 482 g/mol. The maximum absolute atomic E-state index is 13.5. The topological polar surface area (TPSA) is 92.3 Å². The van der Waals surface area contributed by atoms with E-state index in [1.807, 2.05) is 0 Å². The number of halogens is 4. The molecule has 1 aliphatic heterocycles. The number of carbonyl (C=O) groups is 1. The molecule has 2 aromatic heterocycles. The van der Waals surface area contributed by atoms with Crippen LogP contribution in [0.5, 0.6) is 0 Å². The van der Waals surface area contributed by atoms with Crippen molar-refractivity contribution in [3.05, 3.63) is 60.3 Å². The monoisotopic (exact) mass is 482 g/mol. The molecule has 0 bridgehead atoms. The molecule has 1 aliphatic rings. The summed E-state index contributed by atoms with van der Waals surface area (Å²) in [6.45, 7) is -0.246. The lowest BCUT2D eigenvalue weighted by atomic mass is 10.0. The number of benzene rings is 1. The van der Waals surface area contributed by atoms with Crippen LogP contribution in [-0.2, 0) is 10.0 Å². The fourth-order valence-corrected chi connectivity index (χ4v) is 4.43. The number of sulfonamides is 1. The number of hydrogen-bond donors (Lipinski definition) is 1. The highest BCUT2D eigenvalue weighted by atomic mass is 32.2. The van der Waals surface area contributed by atoms with Crippen molar-refractivity contribution in [1.82, 2.24) is 19.6 Å². The van der Waals surface area contributed by atoms with E-state index >= 15 is 0 Å². The van der Waals surface area contributed by atoms with Gasteiger partial charge in [0.1, 0.15) is 0 Å². The molecule has 0 spiro atoms. The van der Waals surface area contributed by atoms with Gasteiger partial charge in [-0.2, -0.15) is 17.6 Å². The fourth-order valence-electron chi connectivity index (χ4n) is 3.85. The molecular formula is C21H18F4N4O3S. The Hall–Kier alpha value is -3.12. The van der Waals surface area contributed by atoms with Crippen LogP contribution in [0.15, 0.2) is 48.8 Å². The molecule has 4 rings (SSSR count). The van der Waals surface area contributed by atoms with Crippen molar-refractivity contribution in [3.63, 3.8) is 0 Å². The predicted molar refractivity (Wildman–Crippen MR) is 112 cm³/mol. The number of rotatable bonds is 5. The number of likely N-dealkylation sites (tertiary alicyclic amines) is 1. The number of nitrogens with one attached hydrogen (secondary N) is 1. The summed E-state index contributed by atoms with van der Waals surface area (Å²) in [7, 11) is -5.50. The highest BCUT2D eigenvalue weighted by molar-refractivity contribution is 7.90. The van der Waals surface area contributed by atoms with Gasteiger partial charge in [-0.15, -0.1) is 0 Å². The van der Waals surface area contributed by atoms with E-state index in [1.54, 1.807) is 29.0 Å². The second-order valence-corrected chi connectivity index (χ2v) is 9.31. The highest BCUT2D eigenvalue weighted by Crippen LogP contribution is 2.28. The lowest BCUT2D eigenvalue weighted by Crippen LogP contribution is -2.46. The Morgan fingerprint density at radius 2 is 1.82 bits per heavy atom. The van der Waals surface area contributed by atoms with Crippen LogP contribution >= 0.6 is 0 Å². The quantitative estimate of drug-likeness (QED) is 0.444. The molecule has 1 N–H and O–H groups in total. The van der Waals surface area contributed by atoms with E-state index in [-0.39, 0.29) is 12.1 Å². The van der Waals surface area contributed by atoms with Crippen molar-refractivity contribution >= 4 is 26.8 Å². The molecule has 3 heterocycles. The summed E-state index contributed by atoms with van der Waals surface area (Å²) in [5.41, 5.74) is -3.40. The number of nitrogens with zero attached hydrogens (tertiary/aromatic N) is 3. The predicted octanol–water partition coefficient (Wildman–Crippen LogP) is 3.48. The SMILES string of the molecule is O=C(c1ccnc2cc(-c3ccnc(F)c3)ccc12)N1CCCC1CNS(=O)(=O)C(F)(F)F. The number of alkyl halides is 3. The van der Waals surface area contributed by atoms with Gasteiger partial charge in [-0.25, -0.2) is 18.1 Å². The van der Waals surface area contributed by atoms with E-state index < -0.39 is 40.0 Å². The van der Waals surface area contributed by atoms with Gasteiger partial charge in [-0.05, 0) is 42.2 Å². The second-order valence-electron chi connectivity index (χ2n) is 7.55. The number of pyridine rings is 2. The molecular weight excluding hydrogens is 464 g/mol. The molecule has 1 unspecified atom stereocenters. The third-order valence-electron chi connectivity index (χ3n) is 5.48. The first-order valence-electron chi connectivity index (χ1n) is 9.94. The first-order valence-corrected chi connectivity index (χ1v) is 11.4. The van der Waals surface area contributed by atoms with Crippen molar-refractivity contribution in [3.8, 4) is 11.1 Å². The van der Waals surface area contributed by atoms with Crippen LogP contribution in [0.1, 0.15) is 23.2 Å². The van der Waals surface area contributed by atoms with E-state index in [1.165, 1.54) is 29.4 Å². The van der Waals surface area contributed by atoms with E-state index in [0.717, 1.165) is 0 Å². The van der Waals surface area contributed by atoms with Gasteiger partial charge in [0.2, 0.25) is 5.95 Å². The number of aromatic nitrogens is 2. The third-order valence-corrected chi connectivity index (χ3v) is 6.64. The van der Waals surface area contributed by atoms with Gasteiger partial charge in [0.05, 0.1) is 11.1 Å². The van der Waals surface area contributed by atoms with Crippen LogP contribution in [0.4, 0.5) is 17.6 Å². The molecule has 1 atom stereocenters. The van der Waals surface area contributed by atoms with Crippen LogP contribution in [-0.4, -0.2) is 53.8 Å². The standard InChI is InChI=1S/C21H18F4N4O3S/c22-19-11-14(5-7-27-19)13-3-4-16-17(6-8-26-18(16)10-13)20(30)29-9-1-2-15(29)12-28-33(31,32)21(23,24)25/h3-8,10-11,15,28H,1-2,9,12H2. The maximum atomic E-state index is 13.5. The number of fused-ring (bicyclic) bond motifs is 1. The van der Waals surface area contributed by atoms with Crippen LogP contribution in [0.25, 0.3) is 22.0 Å². The van der Waals surface area contributed by atoms with Gasteiger partial charge in [-0.1, -0.05) is 12.1 Å². The van der Waals surface area contributed by atoms with Crippen molar-refractivity contribution in [1.29, 1.82) is 0 Å². The normalized spacial score (nSPS) is 17.0. The summed E-state index contributed by atoms with van der Waals surface area (Å²) in [4.78, 5) is 22.4. The summed E-state index contributed by atoms with van der Waals surface area (Å²) in [5, 5.41) is 0.516. The Morgan fingerprint density at radius 1 is 1.09 bits per heavy atom. The Balaban J connectivity index is 1.59. The molecule has 12 heteroatoms. The van der Waals surface area contributed by atoms with Gasteiger partial charge in [0.25, 0.3) is 5.91 Å². The minimum absolute atomic E-state index is 0.287. The second kappa shape index (κ2) is 8.67. The lowest BCUT2D eigenvalue weighted by molar-refractivity contribution is -0.0448.